The molecular formula is C15H18N4S. The van der Waals surface area contributed by atoms with Gasteiger partial charge in [0.25, 0.3) is 0 Å². The number of thioether (sulfide) groups is 1. The number of para-hydroxylation sites is 1. The molecule has 2 aromatic rings. The fraction of sp³-hybridized carbons (Fsp3) is 0.200. The van der Waals surface area contributed by atoms with E-state index in [4.69, 9.17) is 11.3 Å². The van der Waals surface area contributed by atoms with Gasteiger partial charge in [-0.3, -0.25) is 15.4 Å². The molecule has 20 heavy (non-hydrogen) atoms. The summed E-state index contributed by atoms with van der Waals surface area (Å²) in [5.74, 6) is 8.06. The lowest BCUT2D eigenvalue weighted by Gasteiger charge is -2.19. The normalized spacial score (nSPS) is 10.2. The molecule has 0 saturated carbocycles. The zero-order chi connectivity index (χ0) is 14.2. The molecule has 104 valence electrons. The quantitative estimate of drug-likeness (QED) is 0.281. The molecule has 1 aromatic carbocycles. The second-order valence-electron chi connectivity index (χ2n) is 4.28. The van der Waals surface area contributed by atoms with Gasteiger partial charge in [0.05, 0.1) is 11.4 Å². The molecule has 1 heterocycles. The van der Waals surface area contributed by atoms with Crippen LogP contribution in [-0.4, -0.2) is 16.6 Å². The highest BCUT2D eigenvalue weighted by atomic mass is 32.2. The number of anilines is 1. The van der Waals surface area contributed by atoms with Gasteiger partial charge in [0, 0.05) is 24.1 Å². The summed E-state index contributed by atoms with van der Waals surface area (Å²) in [7, 11) is 0. The topological polar surface area (TPSA) is 66.0 Å². The molecule has 0 saturated heterocycles. The summed E-state index contributed by atoms with van der Waals surface area (Å²) in [5.41, 5.74) is 1.91. The highest BCUT2D eigenvalue weighted by molar-refractivity contribution is 7.98. The summed E-state index contributed by atoms with van der Waals surface area (Å²) in [4.78, 5) is 4.27. The number of nitrogens with zero attached hydrogens (tertiary/aromatic N) is 2. The molecule has 1 aromatic heterocycles. The lowest BCUT2D eigenvalue weighted by atomic mass is 10.3. The Morgan fingerprint density at radius 2 is 1.90 bits per heavy atom. The van der Waals surface area contributed by atoms with Crippen molar-refractivity contribution in [3.63, 3.8) is 0 Å². The number of aromatic nitrogens is 1. The van der Waals surface area contributed by atoms with E-state index in [0.717, 1.165) is 22.9 Å². The van der Waals surface area contributed by atoms with Crippen LogP contribution in [-0.2, 0) is 5.75 Å². The van der Waals surface area contributed by atoms with Crippen molar-refractivity contribution in [2.75, 3.05) is 10.8 Å². The van der Waals surface area contributed by atoms with Gasteiger partial charge in [0.15, 0.2) is 0 Å². The van der Waals surface area contributed by atoms with Crippen LogP contribution in [0, 0.1) is 5.41 Å². The molecule has 0 atom stereocenters. The Morgan fingerprint density at radius 3 is 2.60 bits per heavy atom. The Hall–Kier alpha value is -1.85. The van der Waals surface area contributed by atoms with Crippen LogP contribution in [0.3, 0.4) is 0 Å². The van der Waals surface area contributed by atoms with Crippen molar-refractivity contribution in [3.05, 3.63) is 60.4 Å². The number of nitrogens with one attached hydrogen (secondary N) is 1. The molecular weight excluding hydrogens is 268 g/mol. The summed E-state index contributed by atoms with van der Waals surface area (Å²) in [6.07, 6.45) is 2.44. The first-order chi connectivity index (χ1) is 9.77. The van der Waals surface area contributed by atoms with Crippen LogP contribution in [0.2, 0.25) is 0 Å². The summed E-state index contributed by atoms with van der Waals surface area (Å²) in [6.45, 7) is 0. The molecule has 0 fully saturated rings. The van der Waals surface area contributed by atoms with Gasteiger partial charge >= 0.3 is 0 Å². The maximum Gasteiger partial charge on any atom is 0.116 e. The van der Waals surface area contributed by atoms with E-state index in [1.807, 2.05) is 48.5 Å². The van der Waals surface area contributed by atoms with Gasteiger partial charge in [-0.15, -0.1) is 0 Å². The van der Waals surface area contributed by atoms with E-state index in [1.54, 1.807) is 18.0 Å². The monoisotopic (exact) mass is 286 g/mol. The number of rotatable bonds is 6. The van der Waals surface area contributed by atoms with Crippen molar-refractivity contribution in [3.8, 4) is 0 Å². The van der Waals surface area contributed by atoms with E-state index in [2.05, 4.69) is 4.98 Å². The molecule has 2 rings (SSSR count). The third-order valence-corrected chi connectivity index (χ3v) is 3.78. The zero-order valence-corrected chi connectivity index (χ0v) is 12.0. The summed E-state index contributed by atoms with van der Waals surface area (Å²) >= 11 is 1.76. The Balaban J connectivity index is 1.73. The van der Waals surface area contributed by atoms with Crippen LogP contribution < -0.4 is 10.9 Å². The predicted octanol–water partition coefficient (Wildman–Crippen LogP) is 3.06. The second-order valence-corrected chi connectivity index (χ2v) is 5.38. The van der Waals surface area contributed by atoms with Crippen LogP contribution in [0.4, 0.5) is 5.69 Å². The number of hydrogen-bond donors (Lipinski definition) is 2. The van der Waals surface area contributed by atoms with Crippen LogP contribution in [0.25, 0.3) is 0 Å². The molecule has 4 nitrogen and oxygen atoms in total. The smallest absolute Gasteiger partial charge is 0.116 e. The van der Waals surface area contributed by atoms with Crippen molar-refractivity contribution in [2.24, 2.45) is 5.84 Å². The van der Waals surface area contributed by atoms with Crippen molar-refractivity contribution in [1.82, 2.24) is 4.98 Å². The number of nitrogens with two attached hydrogens (primary N) is 1. The molecule has 0 bridgehead atoms. The highest BCUT2D eigenvalue weighted by Gasteiger charge is 2.07. The molecule has 0 spiro atoms. The maximum absolute atomic E-state index is 7.99. The maximum atomic E-state index is 7.99. The Labute approximate surface area is 123 Å². The van der Waals surface area contributed by atoms with E-state index >= 15 is 0 Å². The van der Waals surface area contributed by atoms with Crippen LogP contribution in [0.15, 0.2) is 54.7 Å². The Bertz CT molecular complexity index is 530. The SMILES string of the molecule is N=C(CCSCc1ccccn1)N(N)c1ccccc1. The van der Waals surface area contributed by atoms with E-state index in [-0.39, 0.29) is 0 Å². The number of pyridine rings is 1. The highest BCUT2D eigenvalue weighted by Crippen LogP contribution is 2.14. The minimum Gasteiger partial charge on any atom is -0.287 e. The van der Waals surface area contributed by atoms with E-state index in [9.17, 15) is 0 Å². The van der Waals surface area contributed by atoms with Crippen LogP contribution in [0.1, 0.15) is 12.1 Å². The Morgan fingerprint density at radius 1 is 1.15 bits per heavy atom. The molecule has 5 heteroatoms. The number of hydrazine groups is 1. The van der Waals surface area contributed by atoms with Gasteiger partial charge in [-0.2, -0.15) is 11.8 Å². The molecule has 3 N–H and O–H groups in total. The Kier molecular flexibility index (Phi) is 5.58. The van der Waals surface area contributed by atoms with Crippen molar-refractivity contribution in [2.45, 2.75) is 12.2 Å². The number of amidine groups is 1. The zero-order valence-electron chi connectivity index (χ0n) is 11.2. The standard InChI is InChI=1S/C15H18N4S/c16-15(19(17)14-7-2-1-3-8-14)9-11-20-12-13-6-4-5-10-18-13/h1-8,10,16H,9,11-12,17H2. The average Bonchev–Trinajstić information content (AvgIpc) is 2.52. The van der Waals surface area contributed by atoms with Crippen molar-refractivity contribution >= 4 is 23.3 Å². The number of benzene rings is 1. The largest absolute Gasteiger partial charge is 0.287 e. The van der Waals surface area contributed by atoms with Crippen LogP contribution in [0.5, 0.6) is 0 Å². The van der Waals surface area contributed by atoms with Gasteiger partial charge < -0.3 is 0 Å². The van der Waals surface area contributed by atoms with Crippen molar-refractivity contribution < 1.29 is 0 Å². The lowest BCUT2D eigenvalue weighted by molar-refractivity contribution is 1.05. The molecule has 0 aliphatic heterocycles. The predicted molar refractivity (Wildman–Crippen MR) is 85.9 cm³/mol. The van der Waals surface area contributed by atoms with Gasteiger partial charge in [-0.1, -0.05) is 24.3 Å². The first-order valence-electron chi connectivity index (χ1n) is 6.42. The van der Waals surface area contributed by atoms with Gasteiger partial charge in [-0.05, 0) is 24.3 Å². The summed E-state index contributed by atoms with van der Waals surface area (Å²) < 4.78 is 0. The summed E-state index contributed by atoms with van der Waals surface area (Å²) in [6, 6.07) is 15.5. The second kappa shape index (κ2) is 7.67. The fourth-order valence-electron chi connectivity index (χ4n) is 1.69. The fourth-order valence-corrected chi connectivity index (χ4v) is 2.56. The van der Waals surface area contributed by atoms with E-state index in [0.29, 0.717) is 12.3 Å². The summed E-state index contributed by atoms with van der Waals surface area (Å²) in [5, 5.41) is 9.42. The van der Waals surface area contributed by atoms with Crippen molar-refractivity contribution in [1.29, 1.82) is 5.41 Å². The minimum absolute atomic E-state index is 0.421. The van der Waals surface area contributed by atoms with Crippen LogP contribution >= 0.6 is 11.8 Å². The molecule has 0 aliphatic carbocycles. The molecule has 0 aliphatic rings. The average molecular weight is 286 g/mol. The molecule has 0 amide bonds. The van der Waals surface area contributed by atoms with Gasteiger partial charge in [-0.25, -0.2) is 5.84 Å². The first-order valence-corrected chi connectivity index (χ1v) is 7.58. The lowest BCUT2D eigenvalue weighted by Crippen LogP contribution is -2.37. The third-order valence-electron chi connectivity index (χ3n) is 2.78. The molecule has 0 unspecified atom stereocenters. The van der Waals surface area contributed by atoms with Gasteiger partial charge in [0.1, 0.15) is 5.84 Å². The number of hydrogen-bond acceptors (Lipinski definition) is 4. The minimum atomic E-state index is 0.421. The van der Waals surface area contributed by atoms with Gasteiger partial charge in [0.2, 0.25) is 0 Å². The molecule has 0 radical (unpaired) electrons. The van der Waals surface area contributed by atoms with E-state index in [1.165, 1.54) is 5.01 Å². The first kappa shape index (κ1) is 14.6. The third kappa shape index (κ3) is 4.36. The van der Waals surface area contributed by atoms with E-state index < -0.39 is 0 Å².